The standard InChI is InChI=1S/C22H23N3O2/c1-15-19(12-18-8-5-11-23-21(18)25-15)22(26)27-14-16-9-10-20(24-13-16)17-6-3-2-4-7-17/h5,8-13,17H,2-4,6-7,14H2,1H3. The summed E-state index contributed by atoms with van der Waals surface area (Å²) in [6, 6.07) is 9.60. The molecule has 1 aliphatic rings. The molecule has 0 saturated heterocycles. The van der Waals surface area contributed by atoms with E-state index in [1.165, 1.54) is 32.1 Å². The van der Waals surface area contributed by atoms with Crippen LogP contribution in [-0.2, 0) is 11.3 Å². The summed E-state index contributed by atoms with van der Waals surface area (Å²) >= 11 is 0. The van der Waals surface area contributed by atoms with E-state index in [0.717, 1.165) is 16.6 Å². The summed E-state index contributed by atoms with van der Waals surface area (Å²) in [5, 5.41) is 0.827. The molecule has 1 saturated carbocycles. The van der Waals surface area contributed by atoms with Crippen molar-refractivity contribution in [3.8, 4) is 0 Å². The minimum atomic E-state index is -0.373. The van der Waals surface area contributed by atoms with Gasteiger partial charge in [-0.1, -0.05) is 25.3 Å². The van der Waals surface area contributed by atoms with Gasteiger partial charge in [0.05, 0.1) is 11.3 Å². The number of aromatic nitrogens is 3. The van der Waals surface area contributed by atoms with E-state index in [0.29, 0.717) is 22.8 Å². The molecule has 0 radical (unpaired) electrons. The monoisotopic (exact) mass is 361 g/mol. The molecule has 0 bridgehead atoms. The quantitative estimate of drug-likeness (QED) is 0.628. The number of nitrogens with zero attached hydrogens (tertiary/aromatic N) is 3. The van der Waals surface area contributed by atoms with E-state index < -0.39 is 0 Å². The number of carbonyl (C=O) groups is 1. The molecular formula is C22H23N3O2. The van der Waals surface area contributed by atoms with Crippen LogP contribution in [0.25, 0.3) is 11.0 Å². The summed E-state index contributed by atoms with van der Waals surface area (Å²) in [4.78, 5) is 25.7. The zero-order chi connectivity index (χ0) is 18.6. The van der Waals surface area contributed by atoms with E-state index in [4.69, 9.17) is 4.74 Å². The van der Waals surface area contributed by atoms with Crippen LogP contribution in [0.4, 0.5) is 0 Å². The molecule has 0 N–H and O–H groups in total. The van der Waals surface area contributed by atoms with Gasteiger partial charge in [-0.15, -0.1) is 0 Å². The van der Waals surface area contributed by atoms with Gasteiger partial charge in [-0.25, -0.2) is 14.8 Å². The first kappa shape index (κ1) is 17.6. The Morgan fingerprint density at radius 3 is 2.78 bits per heavy atom. The lowest BCUT2D eigenvalue weighted by atomic mass is 9.86. The van der Waals surface area contributed by atoms with Crippen LogP contribution in [0.5, 0.6) is 0 Å². The number of pyridine rings is 3. The van der Waals surface area contributed by atoms with E-state index >= 15 is 0 Å². The zero-order valence-corrected chi connectivity index (χ0v) is 15.5. The minimum Gasteiger partial charge on any atom is -0.457 e. The summed E-state index contributed by atoms with van der Waals surface area (Å²) in [5.41, 5.74) is 3.79. The third-order valence-electron chi connectivity index (χ3n) is 5.24. The van der Waals surface area contributed by atoms with Crippen molar-refractivity contribution in [3.63, 3.8) is 0 Å². The van der Waals surface area contributed by atoms with Crippen LogP contribution in [0.1, 0.15) is 65.3 Å². The second-order valence-electron chi connectivity index (χ2n) is 7.17. The molecule has 4 rings (SSSR count). The first-order valence-electron chi connectivity index (χ1n) is 9.55. The van der Waals surface area contributed by atoms with Crippen molar-refractivity contribution < 1.29 is 9.53 Å². The summed E-state index contributed by atoms with van der Waals surface area (Å²) in [6.07, 6.45) is 9.89. The summed E-state index contributed by atoms with van der Waals surface area (Å²) in [6.45, 7) is 2.01. The molecule has 5 heteroatoms. The highest BCUT2D eigenvalue weighted by molar-refractivity contribution is 5.94. The van der Waals surface area contributed by atoms with Gasteiger partial charge < -0.3 is 4.74 Å². The van der Waals surface area contributed by atoms with Gasteiger partial charge in [0.1, 0.15) is 6.61 Å². The number of fused-ring (bicyclic) bond motifs is 1. The highest BCUT2D eigenvalue weighted by Gasteiger charge is 2.17. The van der Waals surface area contributed by atoms with E-state index in [1.807, 2.05) is 24.4 Å². The second kappa shape index (κ2) is 7.82. The van der Waals surface area contributed by atoms with Gasteiger partial charge in [0.25, 0.3) is 0 Å². The second-order valence-corrected chi connectivity index (χ2v) is 7.17. The van der Waals surface area contributed by atoms with Crippen LogP contribution in [0.3, 0.4) is 0 Å². The number of carbonyl (C=O) groups excluding carboxylic acids is 1. The van der Waals surface area contributed by atoms with Crippen LogP contribution in [0.2, 0.25) is 0 Å². The molecule has 5 nitrogen and oxygen atoms in total. The molecular weight excluding hydrogens is 338 g/mol. The van der Waals surface area contributed by atoms with Crippen molar-refractivity contribution in [1.29, 1.82) is 0 Å². The summed E-state index contributed by atoms with van der Waals surface area (Å²) in [7, 11) is 0. The predicted octanol–water partition coefficient (Wildman–Crippen LogP) is 4.74. The van der Waals surface area contributed by atoms with Crippen LogP contribution < -0.4 is 0 Å². The predicted molar refractivity (Wildman–Crippen MR) is 103 cm³/mol. The van der Waals surface area contributed by atoms with E-state index in [1.54, 1.807) is 19.2 Å². The number of aryl methyl sites for hydroxylation is 1. The third-order valence-corrected chi connectivity index (χ3v) is 5.24. The molecule has 0 unspecified atom stereocenters. The van der Waals surface area contributed by atoms with Crippen molar-refractivity contribution in [3.05, 3.63) is 65.2 Å². The molecule has 27 heavy (non-hydrogen) atoms. The number of ether oxygens (including phenoxy) is 1. The Kier molecular flexibility index (Phi) is 5.10. The van der Waals surface area contributed by atoms with Gasteiger partial charge >= 0.3 is 5.97 Å². The van der Waals surface area contributed by atoms with Gasteiger partial charge in [0.2, 0.25) is 0 Å². The lowest BCUT2D eigenvalue weighted by Gasteiger charge is -2.21. The Bertz CT molecular complexity index is 947. The van der Waals surface area contributed by atoms with Crippen LogP contribution in [0.15, 0.2) is 42.7 Å². The van der Waals surface area contributed by atoms with Crippen LogP contribution >= 0.6 is 0 Å². The van der Waals surface area contributed by atoms with Gasteiger partial charge in [-0.3, -0.25) is 4.98 Å². The van der Waals surface area contributed by atoms with Crippen molar-refractivity contribution in [2.45, 2.75) is 51.6 Å². The third kappa shape index (κ3) is 3.97. The maximum Gasteiger partial charge on any atom is 0.340 e. The molecule has 1 aliphatic carbocycles. The highest BCUT2D eigenvalue weighted by atomic mass is 16.5. The van der Waals surface area contributed by atoms with Gasteiger partial charge in [0, 0.05) is 35.0 Å². The molecule has 0 spiro atoms. The van der Waals surface area contributed by atoms with Gasteiger partial charge in [-0.2, -0.15) is 0 Å². The zero-order valence-electron chi connectivity index (χ0n) is 15.5. The van der Waals surface area contributed by atoms with Crippen molar-refractivity contribution in [2.75, 3.05) is 0 Å². The smallest absolute Gasteiger partial charge is 0.340 e. The lowest BCUT2D eigenvalue weighted by molar-refractivity contribution is 0.0471. The maximum atomic E-state index is 12.5. The Balaban J connectivity index is 1.42. The molecule has 3 heterocycles. The van der Waals surface area contributed by atoms with Gasteiger partial charge in [-0.05, 0) is 44.0 Å². The molecule has 3 aromatic heterocycles. The molecule has 0 aliphatic heterocycles. The Labute approximate surface area is 158 Å². The molecule has 0 amide bonds. The average molecular weight is 361 g/mol. The lowest BCUT2D eigenvalue weighted by Crippen LogP contribution is -2.10. The number of hydrogen-bond donors (Lipinski definition) is 0. The molecule has 3 aromatic rings. The minimum absolute atomic E-state index is 0.210. The fourth-order valence-corrected chi connectivity index (χ4v) is 3.69. The van der Waals surface area contributed by atoms with E-state index in [-0.39, 0.29) is 12.6 Å². The number of hydrogen-bond acceptors (Lipinski definition) is 5. The normalized spacial score (nSPS) is 15.0. The number of esters is 1. The highest BCUT2D eigenvalue weighted by Crippen LogP contribution is 2.31. The topological polar surface area (TPSA) is 65.0 Å². The molecule has 0 atom stereocenters. The van der Waals surface area contributed by atoms with Crippen LogP contribution in [0, 0.1) is 6.92 Å². The summed E-state index contributed by atoms with van der Waals surface area (Å²) in [5.74, 6) is 0.206. The fourth-order valence-electron chi connectivity index (χ4n) is 3.69. The fraction of sp³-hybridized carbons (Fsp3) is 0.364. The van der Waals surface area contributed by atoms with Crippen molar-refractivity contribution in [2.24, 2.45) is 0 Å². The molecule has 138 valence electrons. The Hall–Kier alpha value is -2.82. The Morgan fingerprint density at radius 1 is 1.15 bits per heavy atom. The largest absolute Gasteiger partial charge is 0.457 e. The first-order chi connectivity index (χ1) is 13.2. The Morgan fingerprint density at radius 2 is 2.00 bits per heavy atom. The SMILES string of the molecule is Cc1nc2ncccc2cc1C(=O)OCc1ccc(C2CCCCC2)nc1. The maximum absolute atomic E-state index is 12.5. The van der Waals surface area contributed by atoms with Crippen molar-refractivity contribution in [1.82, 2.24) is 15.0 Å². The van der Waals surface area contributed by atoms with E-state index in [2.05, 4.69) is 21.0 Å². The van der Waals surface area contributed by atoms with Crippen molar-refractivity contribution >= 4 is 17.0 Å². The number of rotatable bonds is 4. The van der Waals surface area contributed by atoms with E-state index in [9.17, 15) is 4.79 Å². The average Bonchev–Trinajstić information content (AvgIpc) is 2.72. The van der Waals surface area contributed by atoms with Crippen LogP contribution in [-0.4, -0.2) is 20.9 Å². The van der Waals surface area contributed by atoms with Gasteiger partial charge in [0.15, 0.2) is 5.65 Å². The first-order valence-corrected chi connectivity index (χ1v) is 9.55. The molecule has 0 aromatic carbocycles. The molecule has 1 fully saturated rings. The summed E-state index contributed by atoms with van der Waals surface area (Å²) < 4.78 is 5.49.